The molecular formula is C4H12ClNO. The zero-order chi connectivity index (χ0) is 6.12. The molecule has 3 heteroatoms. The molecule has 0 aromatic rings. The van der Waals surface area contributed by atoms with E-state index in [-0.39, 0.29) is 0 Å². The Labute approximate surface area is 50.0 Å². The van der Waals surface area contributed by atoms with Gasteiger partial charge in [-0.3, -0.25) is 4.29 Å². The van der Waals surface area contributed by atoms with Gasteiger partial charge in [0.15, 0.2) is 0 Å². The lowest BCUT2D eigenvalue weighted by Crippen LogP contribution is -1.89. The van der Waals surface area contributed by atoms with Gasteiger partial charge in [-0.25, -0.2) is 0 Å². The van der Waals surface area contributed by atoms with Gasteiger partial charge >= 0.3 is 0 Å². The van der Waals surface area contributed by atoms with Gasteiger partial charge in [-0.1, -0.05) is 0 Å². The van der Waals surface area contributed by atoms with Gasteiger partial charge in [0, 0.05) is 0 Å². The Kier molecular flexibility index (Phi) is 23.9. The van der Waals surface area contributed by atoms with E-state index in [9.17, 15) is 0 Å². The normalized spacial score (nSPS) is 6.86. The van der Waals surface area contributed by atoms with Crippen molar-refractivity contribution in [2.75, 3.05) is 20.7 Å². The molecule has 0 fully saturated rings. The molecule has 0 amide bonds. The van der Waals surface area contributed by atoms with Crippen molar-refractivity contribution in [3.8, 4) is 0 Å². The maximum absolute atomic E-state index is 4.69. The maximum atomic E-state index is 4.69. The summed E-state index contributed by atoms with van der Waals surface area (Å²) in [4.78, 5) is 0. The van der Waals surface area contributed by atoms with E-state index in [1.807, 2.05) is 21.0 Å². The molecule has 2 nitrogen and oxygen atoms in total. The van der Waals surface area contributed by atoms with E-state index in [1.165, 1.54) is 0 Å². The summed E-state index contributed by atoms with van der Waals surface area (Å²) in [6.45, 7) is 2.41. The summed E-state index contributed by atoms with van der Waals surface area (Å²) in [6, 6.07) is 0. The van der Waals surface area contributed by atoms with E-state index in [0.717, 1.165) is 0 Å². The van der Waals surface area contributed by atoms with Crippen LogP contribution in [0.4, 0.5) is 0 Å². The number of nitrogens with one attached hydrogen (secondary N) is 1. The Morgan fingerprint density at radius 1 is 1.57 bits per heavy atom. The Bertz CT molecular complexity index is 19.2. The summed E-state index contributed by atoms with van der Waals surface area (Å²) >= 11 is 4.69. The zero-order valence-corrected chi connectivity index (χ0v) is 5.75. The van der Waals surface area contributed by atoms with Gasteiger partial charge in [0.2, 0.25) is 0 Å². The van der Waals surface area contributed by atoms with Crippen molar-refractivity contribution in [2.45, 2.75) is 6.92 Å². The van der Waals surface area contributed by atoms with E-state index in [0.29, 0.717) is 6.61 Å². The van der Waals surface area contributed by atoms with Crippen LogP contribution in [0.15, 0.2) is 0 Å². The molecular weight excluding hydrogens is 114 g/mol. The lowest BCUT2D eigenvalue weighted by atomic mass is 10.9. The molecule has 7 heavy (non-hydrogen) atoms. The van der Waals surface area contributed by atoms with Gasteiger partial charge in [0.1, 0.15) is 0 Å². The molecule has 0 aromatic heterocycles. The standard InChI is InChI=1S/C2H5ClO.C2H7N/c1-2-4-3;1-3-2/h2H2,1H3;3H,1-2H3. The number of hydrogen-bond acceptors (Lipinski definition) is 2. The number of hydrogen-bond donors (Lipinski definition) is 1. The van der Waals surface area contributed by atoms with Crippen molar-refractivity contribution in [2.24, 2.45) is 0 Å². The number of halogens is 1. The van der Waals surface area contributed by atoms with Crippen molar-refractivity contribution in [1.82, 2.24) is 5.32 Å². The minimum absolute atomic E-state index is 0.585. The second-order valence-electron chi connectivity index (χ2n) is 0.898. The van der Waals surface area contributed by atoms with Crippen LogP contribution in [0, 0.1) is 0 Å². The minimum Gasteiger partial charge on any atom is -0.323 e. The molecule has 0 saturated heterocycles. The first-order chi connectivity index (χ1) is 3.33. The van der Waals surface area contributed by atoms with E-state index in [1.54, 1.807) is 0 Å². The highest BCUT2D eigenvalue weighted by molar-refractivity contribution is 6.07. The molecule has 0 rings (SSSR count). The topological polar surface area (TPSA) is 21.3 Å². The van der Waals surface area contributed by atoms with Crippen LogP contribution in [-0.4, -0.2) is 20.7 Å². The summed E-state index contributed by atoms with van der Waals surface area (Å²) in [5.74, 6) is 0. The summed E-state index contributed by atoms with van der Waals surface area (Å²) in [5, 5.41) is 2.75. The highest BCUT2D eigenvalue weighted by Gasteiger charge is 1.55. The molecule has 0 atom stereocenters. The van der Waals surface area contributed by atoms with E-state index >= 15 is 0 Å². The van der Waals surface area contributed by atoms with Crippen LogP contribution in [0.3, 0.4) is 0 Å². The molecule has 0 saturated carbocycles. The van der Waals surface area contributed by atoms with Gasteiger partial charge in [0.05, 0.1) is 18.5 Å². The molecule has 46 valence electrons. The first-order valence-electron chi connectivity index (χ1n) is 2.15. The second kappa shape index (κ2) is 16.4. The van der Waals surface area contributed by atoms with Crippen molar-refractivity contribution in [3.05, 3.63) is 0 Å². The fourth-order valence-corrected chi connectivity index (χ4v) is 0. The lowest BCUT2D eigenvalue weighted by molar-refractivity contribution is 0.378. The molecule has 0 unspecified atom stereocenters. The monoisotopic (exact) mass is 125 g/mol. The fraction of sp³-hybridized carbons (Fsp3) is 1.00. The van der Waals surface area contributed by atoms with Gasteiger partial charge in [-0.15, -0.1) is 0 Å². The van der Waals surface area contributed by atoms with Crippen LogP contribution in [0.25, 0.3) is 0 Å². The Morgan fingerprint density at radius 3 is 1.71 bits per heavy atom. The zero-order valence-electron chi connectivity index (χ0n) is 4.99. The van der Waals surface area contributed by atoms with E-state index in [2.05, 4.69) is 21.5 Å². The first-order valence-corrected chi connectivity index (χ1v) is 2.46. The first kappa shape index (κ1) is 10.2. The third-order valence-corrected chi connectivity index (χ3v) is 0.327. The summed E-state index contributed by atoms with van der Waals surface area (Å²) in [6.07, 6.45) is 0. The molecule has 0 aliphatic heterocycles. The highest BCUT2D eigenvalue weighted by atomic mass is 35.5. The minimum atomic E-state index is 0.585. The Morgan fingerprint density at radius 2 is 1.71 bits per heavy atom. The lowest BCUT2D eigenvalue weighted by Gasteiger charge is -1.70. The van der Waals surface area contributed by atoms with Gasteiger partial charge < -0.3 is 5.32 Å². The molecule has 0 heterocycles. The Balaban J connectivity index is 0. The van der Waals surface area contributed by atoms with Crippen LogP contribution >= 0.6 is 11.9 Å². The van der Waals surface area contributed by atoms with E-state index < -0.39 is 0 Å². The maximum Gasteiger partial charge on any atom is 0.0654 e. The summed E-state index contributed by atoms with van der Waals surface area (Å²) in [5.41, 5.74) is 0. The molecule has 0 aliphatic rings. The van der Waals surface area contributed by atoms with Crippen molar-refractivity contribution < 1.29 is 4.29 Å². The van der Waals surface area contributed by atoms with E-state index in [4.69, 9.17) is 0 Å². The largest absolute Gasteiger partial charge is 0.323 e. The second-order valence-corrected chi connectivity index (χ2v) is 1.12. The quantitative estimate of drug-likeness (QED) is 0.565. The van der Waals surface area contributed by atoms with Crippen LogP contribution in [-0.2, 0) is 4.29 Å². The third kappa shape index (κ3) is 75.2. The molecule has 0 bridgehead atoms. The highest BCUT2D eigenvalue weighted by Crippen LogP contribution is 1.71. The van der Waals surface area contributed by atoms with Crippen LogP contribution in [0.5, 0.6) is 0 Å². The average Bonchev–Trinajstić information content (AvgIpc) is 1.69. The predicted octanol–water partition coefficient (Wildman–Crippen LogP) is 1.01. The molecule has 0 spiro atoms. The average molecular weight is 126 g/mol. The van der Waals surface area contributed by atoms with Crippen LogP contribution in [0.2, 0.25) is 0 Å². The smallest absolute Gasteiger partial charge is 0.0654 e. The molecule has 0 radical (unpaired) electrons. The van der Waals surface area contributed by atoms with Gasteiger partial charge in [-0.05, 0) is 21.0 Å². The molecule has 0 aromatic carbocycles. The summed E-state index contributed by atoms with van der Waals surface area (Å²) in [7, 11) is 3.75. The SMILES string of the molecule is CCOCl.CNC. The molecule has 1 N–H and O–H groups in total. The van der Waals surface area contributed by atoms with Gasteiger partial charge in [0.25, 0.3) is 0 Å². The van der Waals surface area contributed by atoms with Crippen LogP contribution in [0.1, 0.15) is 6.92 Å². The van der Waals surface area contributed by atoms with Crippen LogP contribution < -0.4 is 5.32 Å². The number of rotatable bonds is 1. The van der Waals surface area contributed by atoms with Crippen molar-refractivity contribution >= 4 is 11.9 Å². The summed E-state index contributed by atoms with van der Waals surface area (Å²) < 4.78 is 4.01. The fourth-order valence-electron chi connectivity index (χ4n) is 0. The predicted molar refractivity (Wildman–Crippen MR) is 32.5 cm³/mol. The van der Waals surface area contributed by atoms with Crippen molar-refractivity contribution in [1.29, 1.82) is 0 Å². The third-order valence-electron chi connectivity index (χ3n) is 0.109. The van der Waals surface area contributed by atoms with Crippen molar-refractivity contribution in [3.63, 3.8) is 0 Å². The van der Waals surface area contributed by atoms with Gasteiger partial charge in [-0.2, -0.15) is 0 Å². The Hall–Kier alpha value is 0.210. The molecule has 0 aliphatic carbocycles.